The maximum atomic E-state index is 4.34. The lowest BCUT2D eigenvalue weighted by atomic mass is 9.92. The van der Waals surface area contributed by atoms with Crippen molar-refractivity contribution in [2.24, 2.45) is 5.41 Å². The van der Waals surface area contributed by atoms with Crippen molar-refractivity contribution in [1.82, 2.24) is 9.55 Å². The molecule has 0 saturated carbocycles. The molecule has 92 valence electrons. The van der Waals surface area contributed by atoms with Crippen molar-refractivity contribution in [3.63, 3.8) is 0 Å². The highest BCUT2D eigenvalue weighted by Crippen LogP contribution is 2.20. The SMILES string of the molecule is CCCCNc1nccn1CCC(C)(C)C. The van der Waals surface area contributed by atoms with Crippen LogP contribution in [-0.2, 0) is 6.54 Å². The number of unbranched alkanes of at least 4 members (excludes halogenated alkanes) is 1. The quantitative estimate of drug-likeness (QED) is 0.748. The molecule has 0 spiro atoms. The first-order valence-electron chi connectivity index (χ1n) is 6.28. The van der Waals surface area contributed by atoms with E-state index in [1.54, 1.807) is 0 Å². The van der Waals surface area contributed by atoms with Crippen LogP contribution in [0.5, 0.6) is 0 Å². The first kappa shape index (κ1) is 13.1. The standard InChI is InChI=1S/C13H25N3/c1-5-6-8-14-12-15-9-11-16(12)10-7-13(2,3)4/h9,11H,5-8,10H2,1-4H3,(H,14,15). The fourth-order valence-corrected chi connectivity index (χ4v) is 1.49. The molecule has 0 unspecified atom stereocenters. The van der Waals surface area contributed by atoms with E-state index in [4.69, 9.17) is 0 Å². The van der Waals surface area contributed by atoms with Crippen LogP contribution < -0.4 is 5.32 Å². The summed E-state index contributed by atoms with van der Waals surface area (Å²) in [5.41, 5.74) is 0.380. The zero-order valence-electron chi connectivity index (χ0n) is 11.1. The smallest absolute Gasteiger partial charge is 0.202 e. The molecule has 1 rings (SSSR count). The highest BCUT2D eigenvalue weighted by atomic mass is 15.2. The lowest BCUT2D eigenvalue weighted by molar-refractivity contribution is 0.351. The van der Waals surface area contributed by atoms with Crippen molar-refractivity contribution in [2.75, 3.05) is 11.9 Å². The Morgan fingerprint density at radius 3 is 2.75 bits per heavy atom. The molecule has 1 N–H and O–H groups in total. The van der Waals surface area contributed by atoms with E-state index in [0.29, 0.717) is 5.41 Å². The van der Waals surface area contributed by atoms with Crippen LogP contribution in [0.15, 0.2) is 12.4 Å². The summed E-state index contributed by atoms with van der Waals surface area (Å²) >= 11 is 0. The third-order valence-electron chi connectivity index (χ3n) is 2.63. The Labute approximate surface area is 99.3 Å². The van der Waals surface area contributed by atoms with Gasteiger partial charge in [0.25, 0.3) is 0 Å². The van der Waals surface area contributed by atoms with Gasteiger partial charge < -0.3 is 9.88 Å². The van der Waals surface area contributed by atoms with E-state index in [-0.39, 0.29) is 0 Å². The molecule has 3 heteroatoms. The summed E-state index contributed by atoms with van der Waals surface area (Å²) in [6.45, 7) is 11.1. The molecule has 0 aliphatic carbocycles. The van der Waals surface area contributed by atoms with Crippen LogP contribution >= 0.6 is 0 Å². The van der Waals surface area contributed by atoms with Gasteiger partial charge in [0.1, 0.15) is 0 Å². The van der Waals surface area contributed by atoms with E-state index in [2.05, 4.69) is 48.8 Å². The molecule has 0 aliphatic heterocycles. The van der Waals surface area contributed by atoms with E-state index in [0.717, 1.165) is 19.0 Å². The molecule has 0 fully saturated rings. The summed E-state index contributed by atoms with van der Waals surface area (Å²) in [4.78, 5) is 4.34. The Kier molecular flexibility index (Phi) is 4.84. The molecule has 0 saturated heterocycles. The molecule has 1 heterocycles. The van der Waals surface area contributed by atoms with Gasteiger partial charge in [-0.05, 0) is 18.3 Å². The summed E-state index contributed by atoms with van der Waals surface area (Å²) in [5.74, 6) is 1.01. The second kappa shape index (κ2) is 5.92. The highest BCUT2D eigenvalue weighted by Gasteiger charge is 2.11. The molecular weight excluding hydrogens is 198 g/mol. The molecule has 0 aromatic carbocycles. The van der Waals surface area contributed by atoms with Crippen LogP contribution in [0.3, 0.4) is 0 Å². The topological polar surface area (TPSA) is 29.9 Å². The zero-order valence-corrected chi connectivity index (χ0v) is 11.1. The van der Waals surface area contributed by atoms with E-state index < -0.39 is 0 Å². The first-order chi connectivity index (χ1) is 7.53. The van der Waals surface area contributed by atoms with Gasteiger partial charge >= 0.3 is 0 Å². The van der Waals surface area contributed by atoms with E-state index in [1.165, 1.54) is 19.3 Å². The maximum absolute atomic E-state index is 4.34. The van der Waals surface area contributed by atoms with Crippen LogP contribution in [0.1, 0.15) is 47.0 Å². The molecule has 3 nitrogen and oxygen atoms in total. The summed E-state index contributed by atoms with van der Waals surface area (Å²) < 4.78 is 2.21. The minimum atomic E-state index is 0.380. The van der Waals surface area contributed by atoms with Crippen LogP contribution in [0.4, 0.5) is 5.95 Å². The molecule has 1 aromatic rings. The number of anilines is 1. The number of imidazole rings is 1. The fraction of sp³-hybridized carbons (Fsp3) is 0.769. The predicted octanol–water partition coefficient (Wildman–Crippen LogP) is 3.53. The van der Waals surface area contributed by atoms with Crippen molar-refractivity contribution < 1.29 is 0 Å². The average Bonchev–Trinajstić information content (AvgIpc) is 2.62. The van der Waals surface area contributed by atoms with Crippen LogP contribution in [0.2, 0.25) is 0 Å². The van der Waals surface area contributed by atoms with E-state index >= 15 is 0 Å². The van der Waals surface area contributed by atoms with Crippen LogP contribution in [-0.4, -0.2) is 16.1 Å². The number of hydrogen-bond donors (Lipinski definition) is 1. The normalized spacial score (nSPS) is 11.8. The van der Waals surface area contributed by atoms with Gasteiger partial charge in [-0.3, -0.25) is 0 Å². The first-order valence-corrected chi connectivity index (χ1v) is 6.28. The molecular formula is C13H25N3. The maximum Gasteiger partial charge on any atom is 0.202 e. The van der Waals surface area contributed by atoms with Crippen molar-refractivity contribution in [2.45, 2.75) is 53.5 Å². The Bertz CT molecular complexity index is 296. The largest absolute Gasteiger partial charge is 0.356 e. The van der Waals surface area contributed by atoms with Crippen molar-refractivity contribution >= 4 is 5.95 Å². The molecule has 0 bridgehead atoms. The number of hydrogen-bond acceptors (Lipinski definition) is 2. The fourth-order valence-electron chi connectivity index (χ4n) is 1.49. The molecule has 1 aromatic heterocycles. The predicted molar refractivity (Wildman–Crippen MR) is 69.7 cm³/mol. The number of aromatic nitrogens is 2. The van der Waals surface area contributed by atoms with Gasteiger partial charge in [0.2, 0.25) is 5.95 Å². The Balaban J connectivity index is 2.44. The second-order valence-corrected chi connectivity index (χ2v) is 5.54. The van der Waals surface area contributed by atoms with Crippen LogP contribution in [0, 0.1) is 5.41 Å². The minimum Gasteiger partial charge on any atom is -0.356 e. The highest BCUT2D eigenvalue weighted by molar-refractivity contribution is 5.25. The summed E-state index contributed by atoms with van der Waals surface area (Å²) in [6.07, 6.45) is 7.52. The minimum absolute atomic E-state index is 0.380. The second-order valence-electron chi connectivity index (χ2n) is 5.54. The number of rotatable bonds is 6. The molecule has 0 amide bonds. The molecule has 0 atom stereocenters. The molecule has 0 aliphatic rings. The number of nitrogens with zero attached hydrogens (tertiary/aromatic N) is 2. The van der Waals surface area contributed by atoms with Gasteiger partial charge in [-0.2, -0.15) is 0 Å². The van der Waals surface area contributed by atoms with E-state index in [9.17, 15) is 0 Å². The van der Waals surface area contributed by atoms with Gasteiger partial charge in [-0.1, -0.05) is 34.1 Å². The van der Waals surface area contributed by atoms with Crippen molar-refractivity contribution in [3.8, 4) is 0 Å². The lowest BCUT2D eigenvalue weighted by Gasteiger charge is -2.19. The summed E-state index contributed by atoms with van der Waals surface area (Å²) in [7, 11) is 0. The number of nitrogens with one attached hydrogen (secondary N) is 1. The van der Waals surface area contributed by atoms with Crippen molar-refractivity contribution in [1.29, 1.82) is 0 Å². The van der Waals surface area contributed by atoms with E-state index in [1.807, 2.05) is 6.20 Å². The Morgan fingerprint density at radius 2 is 2.12 bits per heavy atom. The summed E-state index contributed by atoms with van der Waals surface area (Å²) in [5, 5.41) is 3.38. The monoisotopic (exact) mass is 223 g/mol. The third kappa shape index (κ3) is 4.69. The van der Waals surface area contributed by atoms with Gasteiger partial charge in [-0.25, -0.2) is 4.98 Å². The van der Waals surface area contributed by atoms with Gasteiger partial charge in [0.15, 0.2) is 0 Å². The van der Waals surface area contributed by atoms with Gasteiger partial charge in [0, 0.05) is 25.5 Å². The number of aryl methyl sites for hydroxylation is 1. The lowest BCUT2D eigenvalue weighted by Crippen LogP contribution is -2.13. The van der Waals surface area contributed by atoms with Gasteiger partial charge in [0.05, 0.1) is 0 Å². The van der Waals surface area contributed by atoms with Crippen molar-refractivity contribution in [3.05, 3.63) is 12.4 Å². The van der Waals surface area contributed by atoms with Gasteiger partial charge in [-0.15, -0.1) is 0 Å². The summed E-state index contributed by atoms with van der Waals surface area (Å²) in [6, 6.07) is 0. The Hall–Kier alpha value is -0.990. The average molecular weight is 223 g/mol. The molecule has 16 heavy (non-hydrogen) atoms. The zero-order chi connectivity index (χ0) is 12.0. The molecule has 0 radical (unpaired) electrons. The van der Waals surface area contributed by atoms with Crippen LogP contribution in [0.25, 0.3) is 0 Å². The Morgan fingerprint density at radius 1 is 1.38 bits per heavy atom. The third-order valence-corrected chi connectivity index (χ3v) is 2.63.